The molecule has 0 saturated carbocycles. The topological polar surface area (TPSA) is 82.5 Å². The molecule has 0 bridgehead atoms. The zero-order chi connectivity index (χ0) is 8.01. The number of ether oxygens (including phenoxy) is 2. The molecule has 5 atom stereocenters. The van der Waals surface area contributed by atoms with Crippen molar-refractivity contribution in [1.29, 1.82) is 0 Å². The quantitative estimate of drug-likeness (QED) is 0.382. The summed E-state index contributed by atoms with van der Waals surface area (Å²) < 4.78 is 9.86. The molecule has 2 saturated heterocycles. The summed E-state index contributed by atoms with van der Waals surface area (Å²) in [6.45, 7) is -0.301. The summed E-state index contributed by atoms with van der Waals surface area (Å²) in [5.41, 5.74) is 0. The van der Waals surface area contributed by atoms with Crippen LogP contribution in [-0.2, 0) is 9.47 Å². The molecule has 2 heterocycles. The highest BCUT2D eigenvalue weighted by atomic mass is 16.8. The van der Waals surface area contributed by atoms with E-state index in [1.807, 2.05) is 0 Å². The first kappa shape index (κ1) is 7.45. The van der Waals surface area contributed by atoms with Crippen LogP contribution in [0.25, 0.3) is 0 Å². The number of hydrogen-bond acceptors (Lipinski definition) is 5. The van der Waals surface area contributed by atoms with E-state index < -0.39 is 30.7 Å². The average molecular weight is 162 g/mol. The van der Waals surface area contributed by atoms with Gasteiger partial charge in [0.05, 0.1) is 6.61 Å². The first-order valence-corrected chi connectivity index (χ1v) is 3.52. The normalized spacial score (nSPS) is 55.4. The number of aliphatic hydroxyl groups is 3. The highest BCUT2D eigenvalue weighted by molar-refractivity contribution is 4.96. The second kappa shape index (κ2) is 2.40. The monoisotopic (exact) mass is 162 g/mol. The summed E-state index contributed by atoms with van der Waals surface area (Å²) in [6, 6.07) is 0. The molecule has 0 spiro atoms. The third kappa shape index (κ3) is 1.05. The van der Waals surface area contributed by atoms with Gasteiger partial charge in [0.15, 0.2) is 6.29 Å². The van der Waals surface area contributed by atoms with Crippen LogP contribution >= 0.6 is 0 Å². The second-order valence-corrected chi connectivity index (χ2v) is 2.81. The van der Waals surface area contributed by atoms with Gasteiger partial charge in [-0.2, -0.15) is 0 Å². The molecule has 0 amide bonds. The van der Waals surface area contributed by atoms with Crippen molar-refractivity contribution in [3.8, 4) is 0 Å². The Labute approximate surface area is 63.2 Å². The summed E-state index contributed by atoms with van der Waals surface area (Å²) >= 11 is 0. The Kier molecular flexibility index (Phi) is 1.62. The summed E-state index contributed by atoms with van der Waals surface area (Å²) in [5.74, 6) is 0. The number of epoxide rings is 1. The molecule has 2 aliphatic heterocycles. The van der Waals surface area contributed by atoms with Crippen molar-refractivity contribution in [2.45, 2.75) is 30.7 Å². The number of rotatable bonds is 1. The lowest BCUT2D eigenvalue weighted by Gasteiger charge is -2.27. The van der Waals surface area contributed by atoms with E-state index in [1.54, 1.807) is 0 Å². The Morgan fingerprint density at radius 3 is 2.45 bits per heavy atom. The van der Waals surface area contributed by atoms with Gasteiger partial charge in [0.25, 0.3) is 0 Å². The molecule has 0 aromatic heterocycles. The van der Waals surface area contributed by atoms with Crippen molar-refractivity contribution in [3.05, 3.63) is 0 Å². The molecule has 0 radical (unpaired) electrons. The molecule has 0 aromatic rings. The maximum atomic E-state index is 9.22. The lowest BCUT2D eigenvalue weighted by atomic mass is 10.0. The van der Waals surface area contributed by atoms with Gasteiger partial charge in [-0.25, -0.2) is 0 Å². The maximum absolute atomic E-state index is 9.22. The Bertz CT molecular complexity index is 161. The fraction of sp³-hybridized carbons (Fsp3) is 1.00. The molecule has 5 nitrogen and oxygen atoms in total. The van der Waals surface area contributed by atoms with Gasteiger partial charge in [-0.05, 0) is 0 Å². The van der Waals surface area contributed by atoms with E-state index in [2.05, 4.69) is 0 Å². The van der Waals surface area contributed by atoms with Crippen LogP contribution in [0.4, 0.5) is 0 Å². The van der Waals surface area contributed by atoms with E-state index in [0.29, 0.717) is 0 Å². The van der Waals surface area contributed by atoms with Gasteiger partial charge in [0.2, 0.25) is 0 Å². The minimum absolute atomic E-state index is 0.301. The van der Waals surface area contributed by atoms with Gasteiger partial charge in [-0.1, -0.05) is 0 Å². The molecule has 2 aliphatic rings. The van der Waals surface area contributed by atoms with Crippen molar-refractivity contribution in [2.75, 3.05) is 6.61 Å². The second-order valence-electron chi connectivity index (χ2n) is 2.81. The minimum Gasteiger partial charge on any atom is -0.394 e. The molecule has 64 valence electrons. The fourth-order valence-corrected chi connectivity index (χ4v) is 1.28. The number of fused-ring (bicyclic) bond motifs is 1. The molecule has 5 heteroatoms. The van der Waals surface area contributed by atoms with Crippen molar-refractivity contribution in [2.24, 2.45) is 0 Å². The van der Waals surface area contributed by atoms with E-state index in [-0.39, 0.29) is 6.61 Å². The van der Waals surface area contributed by atoms with E-state index >= 15 is 0 Å². The van der Waals surface area contributed by atoms with Gasteiger partial charge >= 0.3 is 0 Å². The highest BCUT2D eigenvalue weighted by Crippen LogP contribution is 2.35. The highest BCUT2D eigenvalue weighted by Gasteiger charge is 2.55. The molecule has 2 rings (SSSR count). The van der Waals surface area contributed by atoms with Crippen molar-refractivity contribution < 1.29 is 24.8 Å². The van der Waals surface area contributed by atoms with Crippen LogP contribution in [0, 0.1) is 0 Å². The summed E-state index contributed by atoms with van der Waals surface area (Å²) in [7, 11) is 0. The Morgan fingerprint density at radius 1 is 1.09 bits per heavy atom. The van der Waals surface area contributed by atoms with Gasteiger partial charge < -0.3 is 24.8 Å². The molecule has 1 unspecified atom stereocenters. The number of hydrogen-bond donors (Lipinski definition) is 3. The summed E-state index contributed by atoms with van der Waals surface area (Å²) in [6.07, 6.45) is -3.50. The Hall–Kier alpha value is -0.200. The van der Waals surface area contributed by atoms with Crippen molar-refractivity contribution in [1.82, 2.24) is 0 Å². The largest absolute Gasteiger partial charge is 0.394 e. The summed E-state index contributed by atoms with van der Waals surface area (Å²) in [4.78, 5) is 0. The molecule has 11 heavy (non-hydrogen) atoms. The molecule has 0 aromatic carbocycles. The van der Waals surface area contributed by atoms with Gasteiger partial charge in [0, 0.05) is 0 Å². The standard InChI is InChI=1S/C6H10O5/c7-1-2-3(8)4(9)5-6(10-2)11-5/h2-9H,1H2/t2-,3-,4+,5+,6?/m1/s1. The van der Waals surface area contributed by atoms with E-state index in [1.165, 1.54) is 0 Å². The SMILES string of the molecule is OC[C@H]1OC2O[C@H]2[C@@H](O)[C@@H]1O. The zero-order valence-corrected chi connectivity index (χ0v) is 5.75. The van der Waals surface area contributed by atoms with Crippen LogP contribution < -0.4 is 0 Å². The lowest BCUT2D eigenvalue weighted by molar-refractivity contribution is -0.144. The summed E-state index contributed by atoms with van der Waals surface area (Å²) in [5, 5.41) is 27.1. The minimum atomic E-state index is -1.04. The van der Waals surface area contributed by atoms with Crippen molar-refractivity contribution in [3.63, 3.8) is 0 Å². The van der Waals surface area contributed by atoms with Gasteiger partial charge in [-0.3, -0.25) is 0 Å². The third-order valence-corrected chi connectivity index (χ3v) is 2.04. The molecular formula is C6H10O5. The Balaban J connectivity index is 2.03. The van der Waals surface area contributed by atoms with Crippen LogP contribution in [0.1, 0.15) is 0 Å². The zero-order valence-electron chi connectivity index (χ0n) is 5.75. The van der Waals surface area contributed by atoms with Crippen LogP contribution in [0.3, 0.4) is 0 Å². The van der Waals surface area contributed by atoms with E-state index in [0.717, 1.165) is 0 Å². The predicted octanol–water partition coefficient (Wildman–Crippen LogP) is -2.18. The van der Waals surface area contributed by atoms with Crippen molar-refractivity contribution >= 4 is 0 Å². The maximum Gasteiger partial charge on any atom is 0.187 e. The molecule has 3 N–H and O–H groups in total. The smallest absolute Gasteiger partial charge is 0.187 e. The van der Waals surface area contributed by atoms with E-state index in [9.17, 15) is 10.2 Å². The lowest BCUT2D eigenvalue weighted by Crippen LogP contribution is -2.48. The fourth-order valence-electron chi connectivity index (χ4n) is 1.28. The first-order valence-electron chi connectivity index (χ1n) is 3.52. The molecule has 0 aliphatic carbocycles. The van der Waals surface area contributed by atoms with Gasteiger partial charge in [-0.15, -0.1) is 0 Å². The van der Waals surface area contributed by atoms with Crippen LogP contribution in [0.5, 0.6) is 0 Å². The van der Waals surface area contributed by atoms with Gasteiger partial charge in [0.1, 0.15) is 24.4 Å². The van der Waals surface area contributed by atoms with Crippen LogP contribution in [0.2, 0.25) is 0 Å². The van der Waals surface area contributed by atoms with E-state index in [4.69, 9.17) is 14.6 Å². The number of aliphatic hydroxyl groups excluding tert-OH is 3. The predicted molar refractivity (Wildman–Crippen MR) is 32.6 cm³/mol. The average Bonchev–Trinajstić information content (AvgIpc) is 2.75. The van der Waals surface area contributed by atoms with Crippen LogP contribution in [0.15, 0.2) is 0 Å². The molecular weight excluding hydrogens is 152 g/mol. The Morgan fingerprint density at radius 2 is 1.82 bits per heavy atom. The third-order valence-electron chi connectivity index (χ3n) is 2.04. The first-order chi connectivity index (χ1) is 5.24. The van der Waals surface area contributed by atoms with Crippen LogP contribution in [-0.4, -0.2) is 52.6 Å². The molecule has 2 fully saturated rings.